The Morgan fingerprint density at radius 1 is 1.33 bits per heavy atom. The molecule has 1 N–H and O–H groups in total. The molecule has 0 aliphatic carbocycles. The molecule has 0 spiro atoms. The summed E-state index contributed by atoms with van der Waals surface area (Å²) >= 11 is 5.14. The minimum absolute atomic E-state index is 0.488. The van der Waals surface area contributed by atoms with Crippen molar-refractivity contribution in [2.24, 2.45) is 0 Å². The van der Waals surface area contributed by atoms with Gasteiger partial charge in [-0.2, -0.15) is 4.31 Å². The van der Waals surface area contributed by atoms with Crippen molar-refractivity contribution < 1.29 is 8.42 Å². The lowest BCUT2D eigenvalue weighted by Gasteiger charge is -2.33. The summed E-state index contributed by atoms with van der Waals surface area (Å²) in [6.07, 6.45) is 1.24. The number of hydrogen-bond acceptors (Lipinski definition) is 5. The minimum Gasteiger partial charge on any atom is -0.338 e. The molecule has 0 saturated carbocycles. The Labute approximate surface area is 111 Å². The fourth-order valence-corrected chi connectivity index (χ4v) is 3.14. The van der Waals surface area contributed by atoms with E-state index in [4.69, 9.17) is 12.2 Å². The molecule has 1 fully saturated rings. The third-order valence-corrected chi connectivity index (χ3v) is 4.66. The van der Waals surface area contributed by atoms with Crippen molar-refractivity contribution in [3.63, 3.8) is 0 Å². The number of aromatic amines is 1. The van der Waals surface area contributed by atoms with Crippen LogP contribution < -0.4 is 4.90 Å². The van der Waals surface area contributed by atoms with Gasteiger partial charge in [0.25, 0.3) is 0 Å². The molecule has 102 valence electrons. The lowest BCUT2D eigenvalue weighted by Crippen LogP contribution is -2.49. The van der Waals surface area contributed by atoms with Crippen molar-refractivity contribution in [3.8, 4) is 0 Å². The Morgan fingerprint density at radius 2 is 1.94 bits per heavy atom. The van der Waals surface area contributed by atoms with Gasteiger partial charge in [-0.05, 0) is 19.1 Å². The van der Waals surface area contributed by atoms with E-state index >= 15 is 0 Å². The Bertz CT molecular complexity index is 568. The molecule has 1 aromatic heterocycles. The van der Waals surface area contributed by atoms with Crippen molar-refractivity contribution in [1.29, 1.82) is 0 Å². The Hall–Kier alpha value is -0.930. The van der Waals surface area contributed by atoms with Crippen LogP contribution >= 0.6 is 12.2 Å². The maximum Gasteiger partial charge on any atom is 0.225 e. The summed E-state index contributed by atoms with van der Waals surface area (Å²) in [5, 5.41) is 6.97. The van der Waals surface area contributed by atoms with E-state index in [1.165, 1.54) is 10.6 Å². The van der Waals surface area contributed by atoms with Crippen molar-refractivity contribution in [2.45, 2.75) is 13.5 Å². The van der Waals surface area contributed by atoms with Gasteiger partial charge in [0.05, 0.1) is 6.26 Å². The standard InChI is InChI=1S/C9H17N5O2S2/c1-3-14-8(10-11-9(14)17)12-4-6-13(7-5-12)18(2,15)16/h3-7H2,1-2H3,(H,11,17). The first kappa shape index (κ1) is 13.5. The molecule has 0 bridgehead atoms. The van der Waals surface area contributed by atoms with Gasteiger partial charge >= 0.3 is 0 Å². The van der Waals surface area contributed by atoms with Crippen LogP contribution in [0.3, 0.4) is 0 Å². The maximum atomic E-state index is 11.4. The summed E-state index contributed by atoms with van der Waals surface area (Å²) in [5.41, 5.74) is 0. The molecule has 0 unspecified atom stereocenters. The van der Waals surface area contributed by atoms with Gasteiger partial charge in [-0.25, -0.2) is 13.5 Å². The first-order chi connectivity index (χ1) is 8.43. The van der Waals surface area contributed by atoms with E-state index < -0.39 is 10.0 Å². The minimum atomic E-state index is -3.09. The summed E-state index contributed by atoms with van der Waals surface area (Å²) < 4.78 is 26.8. The Balaban J connectivity index is 2.12. The van der Waals surface area contributed by atoms with Gasteiger partial charge in [-0.1, -0.05) is 0 Å². The molecule has 1 saturated heterocycles. The number of hydrogen-bond donors (Lipinski definition) is 1. The Morgan fingerprint density at radius 3 is 2.44 bits per heavy atom. The van der Waals surface area contributed by atoms with Crippen LogP contribution in [0.2, 0.25) is 0 Å². The van der Waals surface area contributed by atoms with E-state index in [9.17, 15) is 8.42 Å². The van der Waals surface area contributed by atoms with E-state index in [0.717, 1.165) is 12.5 Å². The van der Waals surface area contributed by atoms with Gasteiger partial charge in [0.1, 0.15) is 0 Å². The van der Waals surface area contributed by atoms with Crippen LogP contribution in [0.5, 0.6) is 0 Å². The quantitative estimate of drug-likeness (QED) is 0.796. The second-order valence-corrected chi connectivity index (χ2v) is 6.59. The highest BCUT2D eigenvalue weighted by Crippen LogP contribution is 2.15. The van der Waals surface area contributed by atoms with Crippen LogP contribution in [-0.2, 0) is 16.6 Å². The molecule has 0 aromatic carbocycles. The second kappa shape index (κ2) is 4.98. The highest BCUT2D eigenvalue weighted by Gasteiger charge is 2.25. The van der Waals surface area contributed by atoms with Gasteiger partial charge in [0.15, 0.2) is 4.77 Å². The van der Waals surface area contributed by atoms with Crippen molar-refractivity contribution >= 4 is 28.2 Å². The van der Waals surface area contributed by atoms with Gasteiger partial charge in [-0.15, -0.1) is 5.10 Å². The zero-order valence-electron chi connectivity index (χ0n) is 10.5. The van der Waals surface area contributed by atoms with Crippen LogP contribution in [0.25, 0.3) is 0 Å². The number of nitrogens with zero attached hydrogens (tertiary/aromatic N) is 4. The first-order valence-corrected chi connectivity index (χ1v) is 8.04. The normalized spacial score (nSPS) is 18.2. The number of sulfonamides is 1. The molecule has 0 atom stereocenters. The molecule has 1 aromatic rings. The SMILES string of the molecule is CCn1c(N2CCN(S(C)(=O)=O)CC2)n[nH]c1=S. The van der Waals surface area contributed by atoms with Crippen LogP contribution in [0.15, 0.2) is 0 Å². The van der Waals surface area contributed by atoms with Crippen LogP contribution in [0, 0.1) is 4.77 Å². The van der Waals surface area contributed by atoms with Crippen LogP contribution in [-0.4, -0.2) is 59.9 Å². The molecule has 0 radical (unpaired) electrons. The van der Waals surface area contributed by atoms with Crippen molar-refractivity contribution in [2.75, 3.05) is 37.3 Å². The molecule has 1 aliphatic heterocycles. The molecule has 0 amide bonds. The second-order valence-electron chi connectivity index (χ2n) is 4.22. The van der Waals surface area contributed by atoms with E-state index in [2.05, 4.69) is 15.1 Å². The smallest absolute Gasteiger partial charge is 0.225 e. The van der Waals surface area contributed by atoms with Crippen LogP contribution in [0.1, 0.15) is 6.92 Å². The zero-order chi connectivity index (χ0) is 13.3. The first-order valence-electron chi connectivity index (χ1n) is 5.78. The predicted molar refractivity (Wildman–Crippen MR) is 71.7 cm³/mol. The number of anilines is 1. The number of nitrogens with one attached hydrogen (secondary N) is 1. The van der Waals surface area contributed by atoms with E-state index in [1.807, 2.05) is 11.5 Å². The lowest BCUT2D eigenvalue weighted by molar-refractivity contribution is 0.384. The molecule has 7 nitrogen and oxygen atoms in total. The molecular weight excluding hydrogens is 274 g/mol. The van der Waals surface area contributed by atoms with Gasteiger partial charge < -0.3 is 4.90 Å². The largest absolute Gasteiger partial charge is 0.338 e. The third kappa shape index (κ3) is 2.57. The monoisotopic (exact) mass is 291 g/mol. The van der Waals surface area contributed by atoms with Crippen molar-refractivity contribution in [3.05, 3.63) is 4.77 Å². The Kier molecular flexibility index (Phi) is 3.74. The van der Waals surface area contributed by atoms with E-state index in [-0.39, 0.29) is 0 Å². The van der Waals surface area contributed by atoms with Gasteiger partial charge in [0.2, 0.25) is 16.0 Å². The lowest BCUT2D eigenvalue weighted by atomic mass is 10.4. The average Bonchev–Trinajstić information content (AvgIpc) is 2.69. The fourth-order valence-electron chi connectivity index (χ4n) is 2.06. The number of H-pyrrole nitrogens is 1. The number of piperazine rings is 1. The highest BCUT2D eigenvalue weighted by atomic mass is 32.2. The van der Waals surface area contributed by atoms with Crippen molar-refractivity contribution in [1.82, 2.24) is 19.1 Å². The fraction of sp³-hybridized carbons (Fsp3) is 0.778. The summed E-state index contributed by atoms with van der Waals surface area (Å²) in [6, 6.07) is 0. The topological polar surface area (TPSA) is 74.2 Å². The molecule has 18 heavy (non-hydrogen) atoms. The molecule has 1 aliphatic rings. The van der Waals surface area contributed by atoms with Gasteiger partial charge in [-0.3, -0.25) is 4.57 Å². The molecule has 2 heterocycles. The molecular formula is C9H17N5O2S2. The third-order valence-electron chi connectivity index (χ3n) is 3.04. The average molecular weight is 291 g/mol. The number of rotatable bonds is 3. The maximum absolute atomic E-state index is 11.4. The predicted octanol–water partition coefficient (Wildman–Crippen LogP) is 0.0422. The summed E-state index contributed by atoms with van der Waals surface area (Å²) in [5.74, 6) is 0.788. The van der Waals surface area contributed by atoms with E-state index in [0.29, 0.717) is 31.0 Å². The molecule has 9 heteroatoms. The van der Waals surface area contributed by atoms with Gasteiger partial charge in [0, 0.05) is 32.7 Å². The summed E-state index contributed by atoms with van der Waals surface area (Å²) in [7, 11) is -3.09. The highest BCUT2D eigenvalue weighted by molar-refractivity contribution is 7.88. The van der Waals surface area contributed by atoms with Crippen LogP contribution in [0.4, 0.5) is 5.95 Å². The zero-order valence-corrected chi connectivity index (χ0v) is 12.1. The number of aromatic nitrogens is 3. The molecule has 2 rings (SSSR count). The van der Waals surface area contributed by atoms with E-state index in [1.54, 1.807) is 0 Å². The summed E-state index contributed by atoms with van der Waals surface area (Å²) in [6.45, 7) is 4.99. The summed E-state index contributed by atoms with van der Waals surface area (Å²) in [4.78, 5) is 2.05.